The molecule has 0 saturated carbocycles. The Morgan fingerprint density at radius 2 is 2.12 bits per heavy atom. The van der Waals surface area contributed by atoms with Gasteiger partial charge in [0.2, 0.25) is 0 Å². The Bertz CT molecular complexity index is 512. The largest absolute Gasteiger partial charge is 0.332 e. The summed E-state index contributed by atoms with van der Waals surface area (Å²) in [5, 5.41) is 4.40. The van der Waals surface area contributed by atoms with Gasteiger partial charge in [-0.25, -0.2) is 4.98 Å². The molecule has 0 atom stereocenters. The third-order valence-corrected chi connectivity index (χ3v) is 4.49. The minimum Gasteiger partial charge on any atom is -0.332 e. The number of halogens is 1. The molecule has 0 amide bonds. The predicted octanol–water partition coefficient (Wildman–Crippen LogP) is 4.53. The van der Waals surface area contributed by atoms with E-state index < -0.39 is 0 Å². The highest BCUT2D eigenvalue weighted by Crippen LogP contribution is 2.31. The van der Waals surface area contributed by atoms with E-state index >= 15 is 0 Å². The first-order valence-electron chi connectivity index (χ1n) is 5.82. The highest BCUT2D eigenvalue weighted by atomic mass is 79.9. The van der Waals surface area contributed by atoms with Gasteiger partial charge in [-0.3, -0.25) is 0 Å². The minimum absolute atomic E-state index is 1.02. The zero-order chi connectivity index (χ0) is 11.7. The topological polar surface area (TPSA) is 24.9 Å². The van der Waals surface area contributed by atoms with Crippen molar-refractivity contribution < 1.29 is 0 Å². The summed E-state index contributed by atoms with van der Waals surface area (Å²) in [6.07, 6.45) is 4.94. The van der Waals surface area contributed by atoms with E-state index in [0.29, 0.717) is 0 Å². The maximum Gasteiger partial charge on any atom is 0.187 e. The van der Waals surface area contributed by atoms with Crippen molar-refractivity contribution in [3.05, 3.63) is 39.3 Å². The molecule has 0 radical (unpaired) electrons. The fourth-order valence-corrected chi connectivity index (χ4v) is 3.56. The summed E-state index contributed by atoms with van der Waals surface area (Å²) in [7, 11) is 0. The van der Waals surface area contributed by atoms with Crippen LogP contribution in [0.2, 0.25) is 0 Å². The standard InChI is InChI=1S/C13H13BrN2S/c14-9-4-3-5-10(8-9)15-13-16-11-6-1-2-7-12(11)17-13/h3-5,8H,1-2,6-7H2,(H,15,16). The molecule has 2 nitrogen and oxygen atoms in total. The van der Waals surface area contributed by atoms with Crippen molar-refractivity contribution in [2.24, 2.45) is 0 Å². The fourth-order valence-electron chi connectivity index (χ4n) is 2.10. The molecule has 0 spiro atoms. The Morgan fingerprint density at radius 3 is 2.94 bits per heavy atom. The van der Waals surface area contributed by atoms with Crippen LogP contribution >= 0.6 is 27.3 Å². The van der Waals surface area contributed by atoms with Gasteiger partial charge >= 0.3 is 0 Å². The van der Waals surface area contributed by atoms with E-state index in [0.717, 1.165) is 21.7 Å². The maximum absolute atomic E-state index is 4.67. The first-order valence-corrected chi connectivity index (χ1v) is 7.43. The lowest BCUT2D eigenvalue weighted by molar-refractivity contribution is 0.683. The van der Waals surface area contributed by atoms with Crippen LogP contribution in [0.5, 0.6) is 0 Å². The number of anilines is 2. The molecular formula is C13H13BrN2S. The fraction of sp³-hybridized carbons (Fsp3) is 0.308. The zero-order valence-electron chi connectivity index (χ0n) is 9.37. The van der Waals surface area contributed by atoms with Crippen molar-refractivity contribution in [3.63, 3.8) is 0 Å². The van der Waals surface area contributed by atoms with E-state index in [4.69, 9.17) is 0 Å². The van der Waals surface area contributed by atoms with Gasteiger partial charge in [-0.2, -0.15) is 0 Å². The van der Waals surface area contributed by atoms with Crippen LogP contribution in [0.4, 0.5) is 10.8 Å². The molecule has 0 fully saturated rings. The normalized spacial score (nSPS) is 14.4. The molecule has 4 heteroatoms. The summed E-state index contributed by atoms with van der Waals surface area (Å²) >= 11 is 5.27. The van der Waals surface area contributed by atoms with Crippen molar-refractivity contribution in [1.82, 2.24) is 4.98 Å². The summed E-state index contributed by atoms with van der Waals surface area (Å²) < 4.78 is 1.09. The molecule has 2 aromatic rings. The van der Waals surface area contributed by atoms with Crippen molar-refractivity contribution in [1.29, 1.82) is 0 Å². The highest BCUT2D eigenvalue weighted by Gasteiger charge is 2.14. The van der Waals surface area contributed by atoms with Crippen LogP contribution in [0.25, 0.3) is 0 Å². The van der Waals surface area contributed by atoms with E-state index in [-0.39, 0.29) is 0 Å². The highest BCUT2D eigenvalue weighted by molar-refractivity contribution is 9.10. The molecule has 1 aliphatic carbocycles. The average Bonchev–Trinajstić information content (AvgIpc) is 2.71. The maximum atomic E-state index is 4.67. The molecule has 1 heterocycles. The van der Waals surface area contributed by atoms with Crippen molar-refractivity contribution in [2.75, 3.05) is 5.32 Å². The molecule has 1 aromatic carbocycles. The molecule has 0 saturated heterocycles. The second kappa shape index (κ2) is 4.78. The molecule has 88 valence electrons. The lowest BCUT2D eigenvalue weighted by atomic mass is 10.0. The zero-order valence-corrected chi connectivity index (χ0v) is 11.8. The van der Waals surface area contributed by atoms with E-state index in [1.165, 1.54) is 29.8 Å². The first-order chi connectivity index (χ1) is 8.31. The van der Waals surface area contributed by atoms with Crippen LogP contribution in [0.1, 0.15) is 23.4 Å². The third-order valence-electron chi connectivity index (χ3n) is 2.92. The molecule has 1 aromatic heterocycles. The van der Waals surface area contributed by atoms with Gasteiger partial charge in [0.25, 0.3) is 0 Å². The van der Waals surface area contributed by atoms with Gasteiger partial charge in [0.15, 0.2) is 5.13 Å². The van der Waals surface area contributed by atoms with Gasteiger partial charge < -0.3 is 5.32 Å². The quantitative estimate of drug-likeness (QED) is 0.881. The molecule has 0 bridgehead atoms. The first kappa shape index (κ1) is 11.2. The molecule has 1 N–H and O–H groups in total. The summed E-state index contributed by atoms with van der Waals surface area (Å²) in [6, 6.07) is 8.18. The number of thiazole rings is 1. The van der Waals surface area contributed by atoms with Crippen LogP contribution in [0.15, 0.2) is 28.7 Å². The number of aryl methyl sites for hydroxylation is 2. The molecule has 1 aliphatic rings. The second-order valence-electron chi connectivity index (χ2n) is 4.23. The number of benzene rings is 1. The molecule has 0 aliphatic heterocycles. The summed E-state index contributed by atoms with van der Waals surface area (Å²) in [5.74, 6) is 0. The third kappa shape index (κ3) is 2.53. The van der Waals surface area contributed by atoms with Gasteiger partial charge in [0, 0.05) is 15.0 Å². The van der Waals surface area contributed by atoms with E-state index in [2.05, 4.69) is 38.4 Å². The van der Waals surface area contributed by atoms with Crippen LogP contribution in [0, 0.1) is 0 Å². The predicted molar refractivity (Wildman–Crippen MR) is 76.2 cm³/mol. The average molecular weight is 309 g/mol. The Labute approximate surface area is 113 Å². The van der Waals surface area contributed by atoms with Gasteiger partial charge in [0.05, 0.1) is 5.69 Å². The number of aromatic nitrogens is 1. The molecule has 0 unspecified atom stereocenters. The van der Waals surface area contributed by atoms with E-state index in [1.807, 2.05) is 12.1 Å². The van der Waals surface area contributed by atoms with E-state index in [1.54, 1.807) is 11.3 Å². The summed E-state index contributed by atoms with van der Waals surface area (Å²) in [4.78, 5) is 6.13. The van der Waals surface area contributed by atoms with Crippen LogP contribution in [-0.4, -0.2) is 4.98 Å². The Balaban J connectivity index is 1.83. The Kier molecular flexibility index (Phi) is 3.16. The molecule has 17 heavy (non-hydrogen) atoms. The second-order valence-corrected chi connectivity index (χ2v) is 6.23. The number of nitrogens with zero attached hydrogens (tertiary/aromatic N) is 1. The monoisotopic (exact) mass is 308 g/mol. The lowest BCUT2D eigenvalue weighted by Crippen LogP contribution is -1.99. The van der Waals surface area contributed by atoms with Crippen molar-refractivity contribution >= 4 is 38.1 Å². The van der Waals surface area contributed by atoms with Crippen LogP contribution in [0.3, 0.4) is 0 Å². The molecule has 3 rings (SSSR count). The number of fused-ring (bicyclic) bond motifs is 1. The summed E-state index contributed by atoms with van der Waals surface area (Å²) in [6.45, 7) is 0. The summed E-state index contributed by atoms with van der Waals surface area (Å²) in [5.41, 5.74) is 2.39. The Hall–Kier alpha value is -0.870. The van der Waals surface area contributed by atoms with Gasteiger partial charge in [0.1, 0.15) is 0 Å². The Morgan fingerprint density at radius 1 is 1.24 bits per heavy atom. The number of hydrogen-bond acceptors (Lipinski definition) is 3. The number of hydrogen-bond donors (Lipinski definition) is 1. The van der Waals surface area contributed by atoms with Gasteiger partial charge in [-0.05, 0) is 43.9 Å². The van der Waals surface area contributed by atoms with Crippen molar-refractivity contribution in [2.45, 2.75) is 25.7 Å². The van der Waals surface area contributed by atoms with Crippen LogP contribution < -0.4 is 5.32 Å². The van der Waals surface area contributed by atoms with Crippen LogP contribution in [-0.2, 0) is 12.8 Å². The van der Waals surface area contributed by atoms with E-state index in [9.17, 15) is 0 Å². The van der Waals surface area contributed by atoms with Gasteiger partial charge in [-0.1, -0.05) is 22.0 Å². The van der Waals surface area contributed by atoms with Crippen molar-refractivity contribution in [3.8, 4) is 0 Å². The van der Waals surface area contributed by atoms with Gasteiger partial charge in [-0.15, -0.1) is 11.3 Å². The molecular weight excluding hydrogens is 296 g/mol. The SMILES string of the molecule is Brc1cccc(Nc2nc3c(s2)CCCC3)c1. The minimum atomic E-state index is 1.02. The number of rotatable bonds is 2. The number of nitrogens with one attached hydrogen (secondary N) is 1. The smallest absolute Gasteiger partial charge is 0.187 e. The lowest BCUT2D eigenvalue weighted by Gasteiger charge is -2.06.